The highest BCUT2D eigenvalue weighted by Crippen LogP contribution is 2.23. The number of carbonyl (C=O) groups excluding carboxylic acids is 1. The number of carbonyl (C=O) groups is 1. The van der Waals surface area contributed by atoms with E-state index in [2.05, 4.69) is 74.3 Å². The van der Waals surface area contributed by atoms with Crippen LogP contribution < -0.4 is 0 Å². The molecular weight excluding hydrogens is 550 g/mol. The van der Waals surface area contributed by atoms with Crippen LogP contribution >= 0.6 is 0 Å². The van der Waals surface area contributed by atoms with E-state index in [1.807, 2.05) is 14.1 Å². The lowest BCUT2D eigenvalue weighted by atomic mass is 9.93. The first-order chi connectivity index (χ1) is 22.0. The van der Waals surface area contributed by atoms with Crippen LogP contribution in [-0.2, 0) is 9.53 Å². The van der Waals surface area contributed by atoms with Gasteiger partial charge in [0.2, 0.25) is 0 Å². The van der Waals surface area contributed by atoms with Crippen LogP contribution in [0.3, 0.4) is 0 Å². The highest BCUT2D eigenvalue weighted by atomic mass is 16.5. The number of allylic oxidation sites excluding steroid dienone is 8. The van der Waals surface area contributed by atoms with E-state index in [0.29, 0.717) is 12.3 Å². The van der Waals surface area contributed by atoms with Gasteiger partial charge in [-0.15, -0.1) is 0 Å². The Hall–Kier alpha value is -1.61. The number of nitrogens with zero attached hydrogens (tertiary/aromatic N) is 1. The minimum absolute atomic E-state index is 0.0248. The van der Waals surface area contributed by atoms with Crippen molar-refractivity contribution in [2.45, 2.75) is 187 Å². The van der Waals surface area contributed by atoms with Crippen LogP contribution in [0.25, 0.3) is 0 Å². The number of ether oxygens (including phenoxy) is 1. The van der Waals surface area contributed by atoms with Gasteiger partial charge in [0.05, 0.1) is 6.42 Å². The van der Waals surface area contributed by atoms with Crippen molar-refractivity contribution >= 4 is 5.97 Å². The van der Waals surface area contributed by atoms with Crippen LogP contribution in [-0.4, -0.2) is 37.6 Å². The summed E-state index contributed by atoms with van der Waals surface area (Å²) in [5.41, 5.74) is 0. The van der Waals surface area contributed by atoms with Gasteiger partial charge in [-0.05, 0) is 103 Å². The molecule has 0 saturated carbocycles. The number of rotatable bonds is 33. The summed E-state index contributed by atoms with van der Waals surface area (Å²) < 4.78 is 6.06. The zero-order valence-electron chi connectivity index (χ0n) is 30.9. The van der Waals surface area contributed by atoms with Crippen molar-refractivity contribution in [2.24, 2.45) is 5.92 Å². The van der Waals surface area contributed by atoms with Gasteiger partial charge in [0, 0.05) is 6.54 Å². The van der Waals surface area contributed by atoms with Crippen LogP contribution in [0.1, 0.15) is 181 Å². The second-order valence-corrected chi connectivity index (χ2v) is 13.6. The van der Waals surface area contributed by atoms with E-state index in [1.54, 1.807) is 0 Å². The molecule has 0 aromatic heterocycles. The highest BCUT2D eigenvalue weighted by molar-refractivity contribution is 5.69. The average molecular weight is 628 g/mol. The molecule has 0 amide bonds. The van der Waals surface area contributed by atoms with E-state index in [4.69, 9.17) is 4.74 Å². The van der Waals surface area contributed by atoms with Crippen LogP contribution in [0.5, 0.6) is 0 Å². The number of hydrogen-bond donors (Lipinski definition) is 0. The van der Waals surface area contributed by atoms with Crippen molar-refractivity contribution < 1.29 is 9.53 Å². The third-order valence-corrected chi connectivity index (χ3v) is 8.73. The third-order valence-electron chi connectivity index (χ3n) is 8.73. The summed E-state index contributed by atoms with van der Waals surface area (Å²) >= 11 is 0. The van der Waals surface area contributed by atoms with Gasteiger partial charge in [-0.3, -0.25) is 4.79 Å². The van der Waals surface area contributed by atoms with Gasteiger partial charge in [0.1, 0.15) is 6.10 Å². The Morgan fingerprint density at radius 3 is 1.40 bits per heavy atom. The SMILES string of the molecule is CCCCC/C=C\C/C=C\CCCCCCCC(C)C(CCCCCCC/C=C\C/C=C\CCCCC)OC(=O)CCN(C)C. The molecule has 0 bridgehead atoms. The summed E-state index contributed by atoms with van der Waals surface area (Å²) in [5, 5.41) is 0. The fourth-order valence-electron chi connectivity index (χ4n) is 5.62. The highest BCUT2D eigenvalue weighted by Gasteiger charge is 2.21. The summed E-state index contributed by atoms with van der Waals surface area (Å²) in [7, 11) is 4.03. The number of unbranched alkanes of at least 4 members (excludes halogenated alkanes) is 16. The Morgan fingerprint density at radius 2 is 0.956 bits per heavy atom. The summed E-state index contributed by atoms with van der Waals surface area (Å²) in [6, 6.07) is 0. The molecule has 0 aromatic carbocycles. The van der Waals surface area contributed by atoms with Crippen molar-refractivity contribution in [1.82, 2.24) is 4.90 Å². The lowest BCUT2D eigenvalue weighted by molar-refractivity contribution is -0.152. The first kappa shape index (κ1) is 43.4. The molecule has 3 nitrogen and oxygen atoms in total. The standard InChI is InChI=1S/C42H77NO2/c1-6-8-10-12-14-16-18-20-22-24-26-28-30-32-34-36-40(3)41(45-42(44)38-39-43(4)5)37-35-33-31-29-27-25-23-21-19-17-15-13-11-9-7-2/h14-17,20-23,40-41H,6-13,18-19,24-39H2,1-5H3/b16-14-,17-15-,22-20-,23-21-. The van der Waals surface area contributed by atoms with Gasteiger partial charge in [-0.2, -0.15) is 0 Å². The normalized spacial score (nSPS) is 13.7. The summed E-state index contributed by atoms with van der Waals surface area (Å²) in [4.78, 5) is 14.6. The number of esters is 1. The van der Waals surface area contributed by atoms with Gasteiger partial charge in [-0.1, -0.05) is 140 Å². The molecule has 0 aliphatic carbocycles. The minimum Gasteiger partial charge on any atom is -0.462 e. The summed E-state index contributed by atoms with van der Waals surface area (Å²) in [6.45, 7) is 7.58. The quantitative estimate of drug-likeness (QED) is 0.0412. The maximum Gasteiger partial charge on any atom is 0.307 e. The maximum absolute atomic E-state index is 12.6. The summed E-state index contributed by atoms with van der Waals surface area (Å²) in [5.74, 6) is 0.417. The van der Waals surface area contributed by atoms with E-state index >= 15 is 0 Å². The minimum atomic E-state index is -0.0248. The van der Waals surface area contributed by atoms with E-state index < -0.39 is 0 Å². The Labute approximate surface area is 282 Å². The smallest absolute Gasteiger partial charge is 0.307 e. The van der Waals surface area contributed by atoms with Gasteiger partial charge >= 0.3 is 5.97 Å². The van der Waals surface area contributed by atoms with Gasteiger partial charge < -0.3 is 9.64 Å². The zero-order chi connectivity index (χ0) is 33.1. The first-order valence-corrected chi connectivity index (χ1v) is 19.4. The summed E-state index contributed by atoms with van der Waals surface area (Å²) in [6.07, 6.45) is 49.1. The molecule has 3 heteroatoms. The van der Waals surface area contributed by atoms with Crippen LogP contribution in [0, 0.1) is 5.92 Å². The van der Waals surface area contributed by atoms with Crippen molar-refractivity contribution in [3.8, 4) is 0 Å². The lowest BCUT2D eigenvalue weighted by Crippen LogP contribution is -2.27. The molecule has 0 heterocycles. The molecule has 0 aliphatic rings. The van der Waals surface area contributed by atoms with E-state index in [9.17, 15) is 4.79 Å². The Balaban J connectivity index is 4.13. The van der Waals surface area contributed by atoms with Crippen molar-refractivity contribution in [2.75, 3.05) is 20.6 Å². The Morgan fingerprint density at radius 1 is 0.556 bits per heavy atom. The zero-order valence-corrected chi connectivity index (χ0v) is 30.9. The third kappa shape index (κ3) is 33.6. The van der Waals surface area contributed by atoms with Crippen LogP contribution in [0.2, 0.25) is 0 Å². The molecular formula is C42H77NO2. The van der Waals surface area contributed by atoms with E-state index in [-0.39, 0.29) is 12.1 Å². The molecule has 0 saturated heterocycles. The van der Waals surface area contributed by atoms with E-state index in [1.165, 1.54) is 122 Å². The molecule has 262 valence electrons. The van der Waals surface area contributed by atoms with Crippen molar-refractivity contribution in [3.63, 3.8) is 0 Å². The van der Waals surface area contributed by atoms with Crippen molar-refractivity contribution in [3.05, 3.63) is 48.6 Å². The largest absolute Gasteiger partial charge is 0.462 e. The van der Waals surface area contributed by atoms with Crippen LogP contribution in [0.4, 0.5) is 0 Å². The van der Waals surface area contributed by atoms with Gasteiger partial charge in [-0.25, -0.2) is 0 Å². The fraction of sp³-hybridized carbons (Fsp3) is 0.786. The second kappa shape index (κ2) is 35.2. The molecule has 0 aliphatic heterocycles. The Bertz CT molecular complexity index is 735. The maximum atomic E-state index is 12.6. The predicted octanol–water partition coefficient (Wildman–Crippen LogP) is 13.1. The second-order valence-electron chi connectivity index (χ2n) is 13.6. The van der Waals surface area contributed by atoms with Gasteiger partial charge in [0.15, 0.2) is 0 Å². The molecule has 45 heavy (non-hydrogen) atoms. The fourth-order valence-corrected chi connectivity index (χ4v) is 5.62. The molecule has 0 spiro atoms. The molecule has 0 rings (SSSR count). The first-order valence-electron chi connectivity index (χ1n) is 19.4. The monoisotopic (exact) mass is 628 g/mol. The Kier molecular flexibility index (Phi) is 34.0. The lowest BCUT2D eigenvalue weighted by Gasteiger charge is -2.25. The molecule has 0 radical (unpaired) electrons. The molecule has 0 fully saturated rings. The molecule has 0 N–H and O–H groups in total. The molecule has 2 atom stereocenters. The van der Waals surface area contributed by atoms with Crippen molar-refractivity contribution in [1.29, 1.82) is 0 Å². The molecule has 2 unspecified atom stereocenters. The molecule has 0 aromatic rings. The average Bonchev–Trinajstić information content (AvgIpc) is 3.03. The van der Waals surface area contributed by atoms with Gasteiger partial charge in [0.25, 0.3) is 0 Å². The number of hydrogen-bond acceptors (Lipinski definition) is 3. The van der Waals surface area contributed by atoms with E-state index in [0.717, 1.165) is 38.6 Å². The topological polar surface area (TPSA) is 29.5 Å². The predicted molar refractivity (Wildman–Crippen MR) is 201 cm³/mol. The van der Waals surface area contributed by atoms with Crippen LogP contribution in [0.15, 0.2) is 48.6 Å².